The lowest BCUT2D eigenvalue weighted by molar-refractivity contribution is 0.626. The molecule has 0 unspecified atom stereocenters. The van der Waals surface area contributed by atoms with Gasteiger partial charge in [0.1, 0.15) is 5.82 Å². The Morgan fingerprint density at radius 1 is 1.40 bits per heavy atom. The number of nitrogens with zero attached hydrogens (tertiary/aromatic N) is 1. The van der Waals surface area contributed by atoms with Gasteiger partial charge in [0, 0.05) is 22.5 Å². The van der Waals surface area contributed by atoms with Gasteiger partial charge in [0.2, 0.25) is 0 Å². The van der Waals surface area contributed by atoms with Crippen molar-refractivity contribution in [2.24, 2.45) is 0 Å². The molecular weight excluding hydrogens is 235 g/mol. The molecule has 0 radical (unpaired) electrons. The largest absolute Gasteiger partial charge is 0.375 e. The lowest BCUT2D eigenvalue weighted by Gasteiger charge is -1.99. The van der Waals surface area contributed by atoms with E-state index in [2.05, 4.69) is 4.98 Å². The summed E-state index contributed by atoms with van der Waals surface area (Å²) in [7, 11) is 0. The van der Waals surface area contributed by atoms with Crippen molar-refractivity contribution >= 4 is 28.1 Å². The van der Waals surface area contributed by atoms with E-state index in [4.69, 9.17) is 17.3 Å². The predicted molar refractivity (Wildman–Crippen MR) is 60.7 cm³/mol. The number of nitrogen functional groups attached to an aromatic ring is 1. The SMILES string of the molecule is Nc1ncc(Cc2cc(F)cc(Cl)c2)s1. The maximum atomic E-state index is 13.0. The summed E-state index contributed by atoms with van der Waals surface area (Å²) >= 11 is 7.14. The highest BCUT2D eigenvalue weighted by atomic mass is 35.5. The number of rotatable bonds is 2. The lowest BCUT2D eigenvalue weighted by Crippen LogP contribution is -1.86. The number of hydrogen-bond acceptors (Lipinski definition) is 3. The first kappa shape index (κ1) is 10.4. The zero-order valence-electron chi connectivity index (χ0n) is 7.71. The minimum Gasteiger partial charge on any atom is -0.375 e. The summed E-state index contributed by atoms with van der Waals surface area (Å²) in [6.45, 7) is 0. The average Bonchev–Trinajstić information content (AvgIpc) is 2.49. The summed E-state index contributed by atoms with van der Waals surface area (Å²) in [5.74, 6) is -0.324. The molecule has 0 amide bonds. The van der Waals surface area contributed by atoms with Crippen LogP contribution in [0.3, 0.4) is 0 Å². The first-order chi connectivity index (χ1) is 7.13. The molecule has 0 atom stereocenters. The molecule has 1 aromatic carbocycles. The number of aromatic nitrogens is 1. The molecule has 0 saturated heterocycles. The molecular formula is C10H8ClFN2S. The van der Waals surface area contributed by atoms with Crippen LogP contribution >= 0.6 is 22.9 Å². The Morgan fingerprint density at radius 3 is 2.80 bits per heavy atom. The van der Waals surface area contributed by atoms with E-state index >= 15 is 0 Å². The number of benzene rings is 1. The van der Waals surface area contributed by atoms with Crippen LogP contribution in [0.5, 0.6) is 0 Å². The third-order valence-electron chi connectivity index (χ3n) is 1.87. The summed E-state index contributed by atoms with van der Waals surface area (Å²) in [4.78, 5) is 4.92. The van der Waals surface area contributed by atoms with Gasteiger partial charge < -0.3 is 5.73 Å². The van der Waals surface area contributed by atoms with Crippen molar-refractivity contribution in [3.63, 3.8) is 0 Å². The summed E-state index contributed by atoms with van der Waals surface area (Å²) in [6.07, 6.45) is 2.30. The maximum Gasteiger partial charge on any atom is 0.180 e. The van der Waals surface area contributed by atoms with Crippen molar-refractivity contribution < 1.29 is 4.39 Å². The van der Waals surface area contributed by atoms with Crippen LogP contribution in [0.25, 0.3) is 0 Å². The first-order valence-corrected chi connectivity index (χ1v) is 5.48. The third kappa shape index (κ3) is 2.67. The van der Waals surface area contributed by atoms with Crippen molar-refractivity contribution in [3.05, 3.63) is 45.7 Å². The lowest BCUT2D eigenvalue weighted by atomic mass is 10.1. The zero-order chi connectivity index (χ0) is 10.8. The second kappa shape index (κ2) is 4.16. The fourth-order valence-electron chi connectivity index (χ4n) is 1.32. The van der Waals surface area contributed by atoms with E-state index in [0.29, 0.717) is 16.6 Å². The van der Waals surface area contributed by atoms with Crippen LogP contribution in [0.15, 0.2) is 24.4 Å². The molecule has 1 heterocycles. The van der Waals surface area contributed by atoms with Gasteiger partial charge in [-0.05, 0) is 23.8 Å². The van der Waals surface area contributed by atoms with Gasteiger partial charge in [0.25, 0.3) is 0 Å². The smallest absolute Gasteiger partial charge is 0.180 e. The first-order valence-electron chi connectivity index (χ1n) is 4.28. The van der Waals surface area contributed by atoms with Gasteiger partial charge in [-0.3, -0.25) is 0 Å². The fraction of sp³-hybridized carbons (Fsp3) is 0.100. The quantitative estimate of drug-likeness (QED) is 0.879. The maximum absolute atomic E-state index is 13.0. The van der Waals surface area contributed by atoms with Crippen molar-refractivity contribution in [2.75, 3.05) is 5.73 Å². The van der Waals surface area contributed by atoms with Gasteiger partial charge in [0.15, 0.2) is 5.13 Å². The van der Waals surface area contributed by atoms with E-state index in [1.807, 2.05) is 0 Å². The van der Waals surface area contributed by atoms with E-state index in [1.165, 1.54) is 23.5 Å². The van der Waals surface area contributed by atoms with Gasteiger partial charge in [-0.2, -0.15) is 0 Å². The highest BCUT2D eigenvalue weighted by Crippen LogP contribution is 2.21. The van der Waals surface area contributed by atoms with Gasteiger partial charge in [-0.25, -0.2) is 9.37 Å². The number of thiazole rings is 1. The van der Waals surface area contributed by atoms with Gasteiger partial charge in [0.05, 0.1) is 0 Å². The third-order valence-corrected chi connectivity index (χ3v) is 2.92. The monoisotopic (exact) mass is 242 g/mol. The minimum atomic E-state index is -0.324. The molecule has 1 aromatic heterocycles. The standard InChI is InChI=1S/C10H8ClFN2S/c11-7-1-6(2-8(12)4-7)3-9-5-14-10(13)15-9/h1-2,4-5H,3H2,(H2,13,14). The Labute approximate surface area is 95.5 Å². The molecule has 78 valence electrons. The van der Waals surface area contributed by atoms with Crippen LogP contribution in [0.4, 0.5) is 9.52 Å². The number of halogens is 2. The molecule has 0 bridgehead atoms. The topological polar surface area (TPSA) is 38.9 Å². The van der Waals surface area contributed by atoms with Crippen molar-refractivity contribution in [2.45, 2.75) is 6.42 Å². The van der Waals surface area contributed by atoms with E-state index in [0.717, 1.165) is 10.4 Å². The number of anilines is 1. The summed E-state index contributed by atoms with van der Waals surface area (Å²) in [5, 5.41) is 0.926. The molecule has 2 N–H and O–H groups in total. The Kier molecular flexibility index (Phi) is 2.88. The van der Waals surface area contributed by atoms with Gasteiger partial charge in [-0.1, -0.05) is 11.6 Å². The molecule has 2 aromatic rings. The molecule has 0 aliphatic rings. The van der Waals surface area contributed by atoms with Crippen LogP contribution in [0.1, 0.15) is 10.4 Å². The molecule has 15 heavy (non-hydrogen) atoms. The van der Waals surface area contributed by atoms with E-state index in [9.17, 15) is 4.39 Å². The van der Waals surface area contributed by atoms with E-state index in [1.54, 1.807) is 12.3 Å². The molecule has 2 nitrogen and oxygen atoms in total. The van der Waals surface area contributed by atoms with Gasteiger partial charge in [-0.15, -0.1) is 11.3 Å². The summed E-state index contributed by atoms with van der Waals surface area (Å²) in [6, 6.07) is 4.48. The molecule has 0 aliphatic carbocycles. The van der Waals surface area contributed by atoms with Crippen molar-refractivity contribution in [3.8, 4) is 0 Å². The van der Waals surface area contributed by atoms with E-state index in [-0.39, 0.29) is 5.82 Å². The minimum absolute atomic E-state index is 0.324. The molecule has 0 aliphatic heterocycles. The Balaban J connectivity index is 2.24. The average molecular weight is 243 g/mol. The highest BCUT2D eigenvalue weighted by Gasteiger charge is 2.03. The Bertz CT molecular complexity index is 464. The molecule has 5 heteroatoms. The highest BCUT2D eigenvalue weighted by molar-refractivity contribution is 7.15. The van der Waals surface area contributed by atoms with E-state index < -0.39 is 0 Å². The second-order valence-electron chi connectivity index (χ2n) is 3.12. The summed E-state index contributed by atoms with van der Waals surface area (Å²) in [5.41, 5.74) is 6.32. The molecule has 0 fully saturated rings. The van der Waals surface area contributed by atoms with Crippen molar-refractivity contribution in [1.29, 1.82) is 0 Å². The number of hydrogen-bond donors (Lipinski definition) is 1. The normalized spacial score (nSPS) is 10.5. The van der Waals surface area contributed by atoms with Crippen LogP contribution in [0, 0.1) is 5.82 Å². The van der Waals surface area contributed by atoms with Crippen LogP contribution < -0.4 is 5.73 Å². The Morgan fingerprint density at radius 2 is 2.20 bits per heavy atom. The molecule has 0 spiro atoms. The number of nitrogens with two attached hydrogens (primary N) is 1. The zero-order valence-corrected chi connectivity index (χ0v) is 9.28. The van der Waals surface area contributed by atoms with Crippen LogP contribution in [-0.4, -0.2) is 4.98 Å². The summed E-state index contributed by atoms with van der Waals surface area (Å²) < 4.78 is 13.0. The van der Waals surface area contributed by atoms with Crippen LogP contribution in [0.2, 0.25) is 5.02 Å². The molecule has 0 saturated carbocycles. The van der Waals surface area contributed by atoms with Crippen molar-refractivity contribution in [1.82, 2.24) is 4.98 Å². The predicted octanol–water partition coefficient (Wildman–Crippen LogP) is 3.11. The Hall–Kier alpha value is -1.13. The molecule has 2 rings (SSSR count). The second-order valence-corrected chi connectivity index (χ2v) is 4.70. The van der Waals surface area contributed by atoms with Crippen LogP contribution in [-0.2, 0) is 6.42 Å². The van der Waals surface area contributed by atoms with Gasteiger partial charge >= 0.3 is 0 Å². The fourth-order valence-corrected chi connectivity index (χ4v) is 2.28.